The number of hydrogen-bond donors (Lipinski definition) is 0. The predicted molar refractivity (Wildman–Crippen MR) is 116 cm³/mol. The molecule has 0 atom stereocenters. The highest BCUT2D eigenvalue weighted by atomic mass is 16.5. The molecule has 0 radical (unpaired) electrons. The summed E-state index contributed by atoms with van der Waals surface area (Å²) < 4.78 is 5.52. The zero-order valence-corrected chi connectivity index (χ0v) is 16.9. The van der Waals surface area contributed by atoms with Crippen LogP contribution in [-0.2, 0) is 4.74 Å². The summed E-state index contributed by atoms with van der Waals surface area (Å²) in [4.78, 5) is 25.6. The summed E-state index contributed by atoms with van der Waals surface area (Å²) >= 11 is 0. The first-order valence-corrected chi connectivity index (χ1v) is 10.7. The molecule has 3 aliphatic rings. The second-order valence-corrected chi connectivity index (χ2v) is 8.55. The third-order valence-corrected chi connectivity index (χ3v) is 6.53. The van der Waals surface area contributed by atoms with Gasteiger partial charge in [-0.3, -0.25) is 4.98 Å². The van der Waals surface area contributed by atoms with Crippen LogP contribution in [-0.4, -0.2) is 72.4 Å². The predicted octanol–water partition coefficient (Wildman–Crippen LogP) is 1.97. The lowest BCUT2D eigenvalue weighted by Crippen LogP contribution is -2.58. The highest BCUT2D eigenvalue weighted by Gasteiger charge is 2.49. The normalized spacial score (nSPS) is 20.7. The molecule has 1 spiro atoms. The Morgan fingerprint density at radius 3 is 2.43 bits per heavy atom. The van der Waals surface area contributed by atoms with Gasteiger partial charge in [0, 0.05) is 74.7 Å². The van der Waals surface area contributed by atoms with Gasteiger partial charge in [0.15, 0.2) is 0 Å². The molecule has 3 saturated heterocycles. The molecule has 8 heteroatoms. The van der Waals surface area contributed by atoms with Crippen LogP contribution in [0.25, 0.3) is 10.9 Å². The number of pyridine rings is 2. The van der Waals surface area contributed by atoms with Gasteiger partial charge in [0.25, 0.3) is 0 Å². The molecule has 0 unspecified atom stereocenters. The van der Waals surface area contributed by atoms with Gasteiger partial charge in [-0.25, -0.2) is 15.0 Å². The first-order valence-electron chi connectivity index (χ1n) is 10.7. The van der Waals surface area contributed by atoms with E-state index in [0.717, 1.165) is 81.0 Å². The average molecular weight is 403 g/mol. The van der Waals surface area contributed by atoms with Crippen molar-refractivity contribution in [3.8, 4) is 0 Å². The molecule has 8 nitrogen and oxygen atoms in total. The summed E-state index contributed by atoms with van der Waals surface area (Å²) in [5, 5.41) is 1.13. The summed E-state index contributed by atoms with van der Waals surface area (Å²) in [7, 11) is 0. The topological polar surface area (TPSA) is 70.5 Å². The van der Waals surface area contributed by atoms with Gasteiger partial charge in [-0.05, 0) is 24.6 Å². The molecule has 154 valence electrons. The third kappa shape index (κ3) is 3.02. The maximum absolute atomic E-state index is 5.52. The zero-order valence-electron chi connectivity index (χ0n) is 16.9. The molecule has 0 N–H and O–H groups in total. The second kappa shape index (κ2) is 7.05. The van der Waals surface area contributed by atoms with Gasteiger partial charge in [-0.15, -0.1) is 0 Å². The highest BCUT2D eigenvalue weighted by molar-refractivity contribution is 5.91. The van der Waals surface area contributed by atoms with Gasteiger partial charge >= 0.3 is 0 Å². The molecular formula is C22H25N7O. The number of fused-ring (bicyclic) bond motifs is 1. The molecule has 3 aromatic heterocycles. The van der Waals surface area contributed by atoms with Gasteiger partial charge in [-0.1, -0.05) is 0 Å². The number of nitrogens with zero attached hydrogens (tertiary/aromatic N) is 7. The van der Waals surface area contributed by atoms with E-state index in [1.54, 1.807) is 0 Å². The van der Waals surface area contributed by atoms with Crippen LogP contribution in [0.5, 0.6) is 0 Å². The Kier molecular flexibility index (Phi) is 4.19. The van der Waals surface area contributed by atoms with Crippen molar-refractivity contribution in [1.82, 2.24) is 19.9 Å². The molecule has 0 saturated carbocycles. The summed E-state index contributed by atoms with van der Waals surface area (Å²) in [6.45, 7) is 7.30. The van der Waals surface area contributed by atoms with Crippen molar-refractivity contribution >= 4 is 28.5 Å². The number of morpholine rings is 1. The van der Waals surface area contributed by atoms with E-state index in [9.17, 15) is 0 Å². The lowest BCUT2D eigenvalue weighted by molar-refractivity contribution is 0.122. The molecule has 3 aromatic rings. The van der Waals surface area contributed by atoms with Crippen LogP contribution in [0.4, 0.5) is 17.6 Å². The van der Waals surface area contributed by atoms with E-state index in [4.69, 9.17) is 9.72 Å². The fourth-order valence-electron chi connectivity index (χ4n) is 4.97. The highest BCUT2D eigenvalue weighted by Crippen LogP contribution is 2.43. The molecule has 0 bridgehead atoms. The van der Waals surface area contributed by atoms with Crippen molar-refractivity contribution in [2.24, 2.45) is 5.41 Å². The number of anilines is 3. The Labute approximate surface area is 175 Å². The molecule has 0 aromatic carbocycles. The van der Waals surface area contributed by atoms with Crippen molar-refractivity contribution in [3.05, 3.63) is 42.9 Å². The van der Waals surface area contributed by atoms with Crippen molar-refractivity contribution in [2.45, 2.75) is 6.42 Å². The Balaban J connectivity index is 1.27. The summed E-state index contributed by atoms with van der Waals surface area (Å²) in [6, 6.07) is 8.13. The van der Waals surface area contributed by atoms with E-state index in [1.807, 2.05) is 30.7 Å². The average Bonchev–Trinajstić information content (AvgIpc) is 3.24. The van der Waals surface area contributed by atoms with Gasteiger partial charge in [-0.2, -0.15) is 0 Å². The van der Waals surface area contributed by atoms with Gasteiger partial charge in [0.2, 0.25) is 5.95 Å². The smallest absolute Gasteiger partial charge is 0.225 e. The maximum Gasteiger partial charge on any atom is 0.225 e. The summed E-state index contributed by atoms with van der Waals surface area (Å²) in [5.74, 6) is 2.91. The largest absolute Gasteiger partial charge is 0.378 e. The van der Waals surface area contributed by atoms with Gasteiger partial charge < -0.3 is 19.4 Å². The Morgan fingerprint density at radius 2 is 1.60 bits per heavy atom. The lowest BCUT2D eigenvalue weighted by atomic mass is 9.79. The Bertz CT molecular complexity index is 1050. The molecule has 0 aliphatic carbocycles. The molecule has 30 heavy (non-hydrogen) atoms. The molecule has 0 amide bonds. The van der Waals surface area contributed by atoms with E-state index in [0.29, 0.717) is 5.41 Å². The van der Waals surface area contributed by atoms with Gasteiger partial charge in [0.1, 0.15) is 11.6 Å². The number of hydrogen-bond acceptors (Lipinski definition) is 8. The maximum atomic E-state index is 5.52. The molecule has 3 aliphatic heterocycles. The fourth-order valence-corrected chi connectivity index (χ4v) is 4.97. The number of rotatable bonds is 3. The third-order valence-electron chi connectivity index (χ3n) is 6.53. The second-order valence-electron chi connectivity index (χ2n) is 8.55. The van der Waals surface area contributed by atoms with E-state index >= 15 is 0 Å². The number of aromatic nitrogens is 4. The van der Waals surface area contributed by atoms with Crippen molar-refractivity contribution < 1.29 is 4.74 Å². The van der Waals surface area contributed by atoms with E-state index in [2.05, 4.69) is 41.8 Å². The fraction of sp³-hybridized carbons (Fsp3) is 0.455. The van der Waals surface area contributed by atoms with Crippen LogP contribution < -0.4 is 14.7 Å². The zero-order chi connectivity index (χ0) is 20.0. The van der Waals surface area contributed by atoms with Crippen molar-refractivity contribution in [3.63, 3.8) is 0 Å². The SMILES string of the molecule is c1cnc(N2CC3(CCN(c4nc(N5CCOCC5)cc5ncccc45)C3)C2)nc1. The first kappa shape index (κ1) is 17.8. The van der Waals surface area contributed by atoms with E-state index in [-0.39, 0.29) is 0 Å². The summed E-state index contributed by atoms with van der Waals surface area (Å²) in [5.41, 5.74) is 1.31. The van der Waals surface area contributed by atoms with Crippen LogP contribution in [0.15, 0.2) is 42.9 Å². The number of ether oxygens (including phenoxy) is 1. The van der Waals surface area contributed by atoms with Crippen LogP contribution in [0.2, 0.25) is 0 Å². The van der Waals surface area contributed by atoms with E-state index in [1.165, 1.54) is 6.42 Å². The van der Waals surface area contributed by atoms with Gasteiger partial charge in [0.05, 0.1) is 18.7 Å². The minimum Gasteiger partial charge on any atom is -0.378 e. The molecule has 6 heterocycles. The van der Waals surface area contributed by atoms with Crippen LogP contribution in [0.1, 0.15) is 6.42 Å². The minimum absolute atomic E-state index is 0.296. The molecule has 3 fully saturated rings. The van der Waals surface area contributed by atoms with Crippen molar-refractivity contribution in [1.29, 1.82) is 0 Å². The first-order chi connectivity index (χ1) is 14.8. The molecular weight excluding hydrogens is 378 g/mol. The lowest BCUT2D eigenvalue weighted by Gasteiger charge is -2.48. The molecule has 6 rings (SSSR count). The monoisotopic (exact) mass is 403 g/mol. The van der Waals surface area contributed by atoms with E-state index < -0.39 is 0 Å². The quantitative estimate of drug-likeness (QED) is 0.658. The minimum atomic E-state index is 0.296. The standard InChI is InChI=1S/C22H25N7O/c1-3-17-18(23-5-1)13-19(27-9-11-30-12-10-27)26-20(17)28-8-4-22(14-28)15-29(16-22)21-24-6-2-7-25-21/h1-3,5-7,13H,4,8-12,14-16H2. The van der Waals surface area contributed by atoms with Crippen LogP contribution >= 0.6 is 0 Å². The van der Waals surface area contributed by atoms with Crippen LogP contribution in [0.3, 0.4) is 0 Å². The van der Waals surface area contributed by atoms with Crippen molar-refractivity contribution in [2.75, 3.05) is 67.2 Å². The summed E-state index contributed by atoms with van der Waals surface area (Å²) in [6.07, 6.45) is 6.66. The Hall–Kier alpha value is -3.00. The van der Waals surface area contributed by atoms with Crippen LogP contribution in [0, 0.1) is 5.41 Å². The Morgan fingerprint density at radius 1 is 0.833 bits per heavy atom.